The number of oxazole rings is 1. The van der Waals surface area contributed by atoms with Crippen molar-refractivity contribution < 1.29 is 13.9 Å². The predicted octanol–water partition coefficient (Wildman–Crippen LogP) is 3.81. The summed E-state index contributed by atoms with van der Waals surface area (Å²) >= 11 is 0. The second kappa shape index (κ2) is 8.03. The van der Waals surface area contributed by atoms with Crippen molar-refractivity contribution in [2.45, 2.75) is 25.3 Å². The van der Waals surface area contributed by atoms with Crippen molar-refractivity contribution in [2.75, 3.05) is 13.2 Å². The maximum atomic E-state index is 13.0. The first-order valence-corrected chi connectivity index (χ1v) is 9.16. The zero-order valence-corrected chi connectivity index (χ0v) is 15.0. The first-order valence-electron chi connectivity index (χ1n) is 9.16. The number of rotatable bonds is 5. The molecule has 1 amide bonds. The number of aromatic nitrogens is 2. The van der Waals surface area contributed by atoms with Gasteiger partial charge in [0, 0.05) is 18.3 Å². The molecule has 0 radical (unpaired) electrons. The fourth-order valence-corrected chi connectivity index (χ4v) is 3.30. The monoisotopic (exact) mass is 363 g/mol. The van der Waals surface area contributed by atoms with E-state index in [1.54, 1.807) is 12.4 Å². The lowest BCUT2D eigenvalue weighted by molar-refractivity contribution is 0.0522. The Balaban J connectivity index is 1.46. The Morgan fingerprint density at radius 1 is 1.19 bits per heavy atom. The molecule has 0 bridgehead atoms. The van der Waals surface area contributed by atoms with Crippen LogP contribution >= 0.6 is 0 Å². The maximum Gasteiger partial charge on any atom is 0.276 e. The van der Waals surface area contributed by atoms with Gasteiger partial charge in [-0.2, -0.15) is 0 Å². The summed E-state index contributed by atoms with van der Waals surface area (Å²) in [6, 6.07) is 13.3. The number of ether oxygens (including phenoxy) is 1. The van der Waals surface area contributed by atoms with E-state index < -0.39 is 0 Å². The van der Waals surface area contributed by atoms with Crippen molar-refractivity contribution >= 4 is 5.91 Å². The third-order valence-electron chi connectivity index (χ3n) is 4.71. The minimum Gasteiger partial charge on any atom is -0.490 e. The fourth-order valence-electron chi connectivity index (χ4n) is 3.30. The maximum absolute atomic E-state index is 13.0. The number of amides is 1. The van der Waals surface area contributed by atoms with Gasteiger partial charge in [0.2, 0.25) is 5.89 Å². The Morgan fingerprint density at radius 3 is 2.89 bits per heavy atom. The molecule has 1 saturated heterocycles. The van der Waals surface area contributed by atoms with Crippen LogP contribution in [0.2, 0.25) is 0 Å². The van der Waals surface area contributed by atoms with Gasteiger partial charge < -0.3 is 14.1 Å². The van der Waals surface area contributed by atoms with Crippen molar-refractivity contribution in [1.29, 1.82) is 0 Å². The van der Waals surface area contributed by atoms with Crippen LogP contribution in [-0.4, -0.2) is 40.0 Å². The van der Waals surface area contributed by atoms with Crippen molar-refractivity contribution in [1.82, 2.24) is 14.9 Å². The molecule has 2 aromatic heterocycles. The number of pyridine rings is 1. The molecule has 4 rings (SSSR count). The minimum atomic E-state index is -0.111. The molecule has 1 fully saturated rings. The van der Waals surface area contributed by atoms with Crippen LogP contribution in [0.3, 0.4) is 0 Å². The molecule has 6 heteroatoms. The lowest BCUT2D eigenvalue weighted by Crippen LogP contribution is -2.46. The minimum absolute atomic E-state index is 0.0170. The van der Waals surface area contributed by atoms with Crippen LogP contribution in [0.5, 0.6) is 5.75 Å². The first-order chi connectivity index (χ1) is 13.3. The number of hydrogen-bond acceptors (Lipinski definition) is 5. The highest BCUT2D eigenvalue weighted by Gasteiger charge is 2.30. The Morgan fingerprint density at radius 2 is 2.07 bits per heavy atom. The number of piperidine rings is 1. The van der Waals surface area contributed by atoms with Gasteiger partial charge in [0.15, 0.2) is 5.69 Å². The van der Waals surface area contributed by atoms with Crippen molar-refractivity contribution in [3.63, 3.8) is 0 Å². The molecule has 1 aliphatic rings. The van der Waals surface area contributed by atoms with E-state index in [-0.39, 0.29) is 11.9 Å². The molecular formula is C21H21N3O3. The highest BCUT2D eigenvalue weighted by atomic mass is 16.5. The second-order valence-corrected chi connectivity index (χ2v) is 6.55. The number of likely N-dealkylation sites (tertiary alicyclic amines) is 1. The number of hydrogen-bond donors (Lipinski definition) is 0. The van der Waals surface area contributed by atoms with E-state index in [2.05, 4.69) is 9.97 Å². The third kappa shape index (κ3) is 4.00. The van der Waals surface area contributed by atoms with Crippen LogP contribution in [0.4, 0.5) is 0 Å². The molecule has 0 spiro atoms. The Kier molecular flexibility index (Phi) is 5.14. The molecule has 1 atom stereocenters. The average molecular weight is 363 g/mol. The number of nitrogens with zero attached hydrogens (tertiary/aromatic N) is 3. The lowest BCUT2D eigenvalue weighted by Gasteiger charge is -2.35. The van der Waals surface area contributed by atoms with E-state index in [4.69, 9.17) is 9.15 Å². The summed E-state index contributed by atoms with van der Waals surface area (Å²) in [6.07, 6.45) is 7.81. The van der Waals surface area contributed by atoms with Crippen molar-refractivity contribution in [3.8, 4) is 17.2 Å². The SMILES string of the molecule is O=C(c1coc(-c2ccccc2)n1)N1CCCCC1COc1cccnc1. The van der Waals surface area contributed by atoms with Crippen LogP contribution in [0.25, 0.3) is 11.5 Å². The molecule has 0 aliphatic carbocycles. The zero-order chi connectivity index (χ0) is 18.5. The molecule has 138 valence electrons. The molecule has 6 nitrogen and oxygen atoms in total. The first kappa shape index (κ1) is 17.3. The van der Waals surface area contributed by atoms with E-state index in [9.17, 15) is 4.79 Å². The average Bonchev–Trinajstić information content (AvgIpc) is 3.24. The van der Waals surface area contributed by atoms with Gasteiger partial charge in [0.05, 0.1) is 12.2 Å². The quantitative estimate of drug-likeness (QED) is 0.689. The largest absolute Gasteiger partial charge is 0.490 e. The van der Waals surface area contributed by atoms with Crippen LogP contribution in [0, 0.1) is 0 Å². The molecular weight excluding hydrogens is 342 g/mol. The summed E-state index contributed by atoms with van der Waals surface area (Å²) in [5, 5.41) is 0. The van der Waals surface area contributed by atoms with Gasteiger partial charge in [-0.3, -0.25) is 9.78 Å². The number of carbonyl (C=O) groups excluding carboxylic acids is 1. The van der Waals surface area contributed by atoms with Crippen molar-refractivity contribution in [2.24, 2.45) is 0 Å². The third-order valence-corrected chi connectivity index (χ3v) is 4.71. The van der Waals surface area contributed by atoms with E-state index in [0.29, 0.717) is 30.5 Å². The summed E-state index contributed by atoms with van der Waals surface area (Å²) in [6.45, 7) is 1.15. The Bertz CT molecular complexity index is 880. The molecule has 27 heavy (non-hydrogen) atoms. The number of carbonyl (C=O) groups is 1. The smallest absolute Gasteiger partial charge is 0.276 e. The molecule has 3 aromatic rings. The van der Waals surface area contributed by atoms with Gasteiger partial charge in [-0.1, -0.05) is 18.2 Å². The van der Waals surface area contributed by atoms with Gasteiger partial charge in [0.1, 0.15) is 18.6 Å². The molecule has 1 aromatic carbocycles. The van der Waals surface area contributed by atoms with Crippen LogP contribution in [0.1, 0.15) is 29.8 Å². The van der Waals surface area contributed by atoms with Gasteiger partial charge in [-0.25, -0.2) is 4.98 Å². The summed E-state index contributed by atoms with van der Waals surface area (Å²) in [7, 11) is 0. The van der Waals surface area contributed by atoms with E-state index in [0.717, 1.165) is 24.8 Å². The summed E-state index contributed by atoms with van der Waals surface area (Å²) < 4.78 is 11.4. The zero-order valence-electron chi connectivity index (χ0n) is 15.0. The Labute approximate surface area is 157 Å². The van der Waals surface area contributed by atoms with E-state index in [1.807, 2.05) is 47.4 Å². The van der Waals surface area contributed by atoms with Crippen molar-refractivity contribution in [3.05, 3.63) is 66.8 Å². The second-order valence-electron chi connectivity index (χ2n) is 6.55. The van der Waals surface area contributed by atoms with E-state index >= 15 is 0 Å². The molecule has 1 aliphatic heterocycles. The van der Waals surface area contributed by atoms with Gasteiger partial charge in [-0.05, 0) is 43.5 Å². The highest BCUT2D eigenvalue weighted by Crippen LogP contribution is 2.23. The summed E-state index contributed by atoms with van der Waals surface area (Å²) in [5.41, 5.74) is 1.19. The topological polar surface area (TPSA) is 68.5 Å². The number of benzene rings is 1. The standard InChI is InChI=1S/C21H21N3O3/c25-21(19-15-27-20(23-19)16-7-2-1-3-8-16)24-12-5-4-9-17(24)14-26-18-10-6-11-22-13-18/h1-3,6-8,10-11,13,15,17H,4-5,9,12,14H2. The molecule has 0 N–H and O–H groups in total. The predicted molar refractivity (Wildman–Crippen MR) is 100 cm³/mol. The van der Waals surface area contributed by atoms with Crippen LogP contribution < -0.4 is 4.74 Å². The van der Waals surface area contributed by atoms with Gasteiger partial charge >= 0.3 is 0 Å². The van der Waals surface area contributed by atoms with Gasteiger partial charge in [-0.15, -0.1) is 0 Å². The summed E-state index contributed by atoms with van der Waals surface area (Å²) in [5.74, 6) is 1.06. The molecule has 0 saturated carbocycles. The fraction of sp³-hybridized carbons (Fsp3) is 0.286. The molecule has 3 heterocycles. The highest BCUT2D eigenvalue weighted by molar-refractivity contribution is 5.92. The molecule has 1 unspecified atom stereocenters. The van der Waals surface area contributed by atoms with Crippen LogP contribution in [-0.2, 0) is 0 Å². The van der Waals surface area contributed by atoms with Gasteiger partial charge in [0.25, 0.3) is 5.91 Å². The van der Waals surface area contributed by atoms with E-state index in [1.165, 1.54) is 6.26 Å². The van der Waals surface area contributed by atoms with Crippen LogP contribution in [0.15, 0.2) is 65.5 Å². The Hall–Kier alpha value is -3.15. The lowest BCUT2D eigenvalue weighted by atomic mass is 10.0. The normalized spacial score (nSPS) is 16.9. The summed E-state index contributed by atoms with van der Waals surface area (Å²) in [4.78, 5) is 23.3.